The average molecular weight is 390 g/mol. The Kier molecular flexibility index (Phi) is 6.30. The molecule has 148 valence electrons. The van der Waals surface area contributed by atoms with Crippen LogP contribution >= 0.6 is 0 Å². The van der Waals surface area contributed by atoms with Crippen molar-refractivity contribution in [3.63, 3.8) is 0 Å². The molecule has 0 fully saturated rings. The van der Waals surface area contributed by atoms with E-state index in [9.17, 15) is 4.79 Å². The second-order valence-corrected chi connectivity index (χ2v) is 6.59. The lowest BCUT2D eigenvalue weighted by molar-refractivity contribution is 0.101. The first-order valence-corrected chi connectivity index (χ1v) is 9.34. The van der Waals surface area contributed by atoms with Crippen LogP contribution in [0.2, 0.25) is 0 Å². The van der Waals surface area contributed by atoms with E-state index >= 15 is 0 Å². The maximum Gasteiger partial charge on any atom is 0.516 e. The number of aromatic nitrogens is 2. The van der Waals surface area contributed by atoms with E-state index < -0.39 is 6.16 Å². The molecule has 0 bridgehead atoms. The van der Waals surface area contributed by atoms with Gasteiger partial charge in [0.1, 0.15) is 12.4 Å². The first kappa shape index (κ1) is 20.2. The van der Waals surface area contributed by atoms with Gasteiger partial charge in [0.15, 0.2) is 0 Å². The van der Waals surface area contributed by atoms with Crippen LogP contribution in [0.1, 0.15) is 32.3 Å². The van der Waals surface area contributed by atoms with Crippen molar-refractivity contribution in [3.05, 3.63) is 48.0 Å². The first-order chi connectivity index (χ1) is 14.0. The van der Waals surface area contributed by atoms with E-state index in [2.05, 4.69) is 41.9 Å². The Morgan fingerprint density at radius 1 is 1.14 bits per heavy atom. The van der Waals surface area contributed by atoms with Crippen molar-refractivity contribution >= 4 is 17.1 Å². The second kappa shape index (κ2) is 9.07. The number of hydrogen-bond acceptors (Lipinski definition) is 6. The molecular formula is C23H22N2O4. The Hall–Kier alpha value is -3.59. The Labute approximate surface area is 169 Å². The van der Waals surface area contributed by atoms with Crippen LogP contribution in [-0.2, 0) is 4.74 Å². The normalized spacial score (nSPS) is 10.6. The predicted octanol–water partition coefficient (Wildman–Crippen LogP) is 4.97. The quantitative estimate of drug-likeness (QED) is 0.437. The van der Waals surface area contributed by atoms with Gasteiger partial charge in [-0.2, -0.15) is 9.97 Å². The highest BCUT2D eigenvalue weighted by molar-refractivity contribution is 5.93. The molecule has 0 radical (unpaired) electrons. The highest BCUT2D eigenvalue weighted by atomic mass is 16.7. The van der Waals surface area contributed by atoms with Crippen molar-refractivity contribution in [2.24, 2.45) is 0 Å². The number of fused-ring (bicyclic) bond motifs is 1. The minimum absolute atomic E-state index is 0.0730. The van der Waals surface area contributed by atoms with Crippen LogP contribution in [0.3, 0.4) is 0 Å². The summed E-state index contributed by atoms with van der Waals surface area (Å²) in [6.45, 7) is 6.33. The van der Waals surface area contributed by atoms with Crippen LogP contribution in [0.25, 0.3) is 22.2 Å². The molecule has 0 saturated heterocycles. The van der Waals surface area contributed by atoms with Gasteiger partial charge in [0.2, 0.25) is 0 Å². The number of hydrogen-bond donors (Lipinski definition) is 0. The molecule has 0 N–H and O–H groups in total. The van der Waals surface area contributed by atoms with Crippen LogP contribution in [-0.4, -0.2) is 29.3 Å². The minimum Gasteiger partial charge on any atom is -0.481 e. The number of terminal acetylenes is 1. The lowest BCUT2D eigenvalue weighted by Crippen LogP contribution is -2.12. The molecule has 0 atom stereocenters. The Bertz CT molecular complexity index is 1050. The van der Waals surface area contributed by atoms with Gasteiger partial charge < -0.3 is 14.2 Å². The molecule has 3 aromatic rings. The second-order valence-electron chi connectivity index (χ2n) is 6.59. The Balaban J connectivity index is 2.10. The summed E-state index contributed by atoms with van der Waals surface area (Å²) in [6.07, 6.45) is 4.43. The summed E-state index contributed by atoms with van der Waals surface area (Å²) in [4.78, 5) is 20.5. The fourth-order valence-electron chi connectivity index (χ4n) is 2.81. The third-order valence-corrected chi connectivity index (χ3v) is 4.26. The van der Waals surface area contributed by atoms with Gasteiger partial charge in [-0.15, -0.1) is 6.42 Å². The largest absolute Gasteiger partial charge is 0.516 e. The molecule has 0 aliphatic carbocycles. The molecule has 3 rings (SSSR count). The van der Waals surface area contributed by atoms with E-state index in [1.807, 2.05) is 18.2 Å². The summed E-state index contributed by atoms with van der Waals surface area (Å²) in [5.74, 6) is 3.47. The van der Waals surface area contributed by atoms with Gasteiger partial charge in [0.05, 0.1) is 17.8 Å². The van der Waals surface area contributed by atoms with Crippen molar-refractivity contribution < 1.29 is 19.0 Å². The summed E-state index contributed by atoms with van der Waals surface area (Å²) in [7, 11) is 0. The van der Waals surface area contributed by atoms with Crippen molar-refractivity contribution in [1.82, 2.24) is 9.97 Å². The third-order valence-electron chi connectivity index (χ3n) is 4.26. The summed E-state index contributed by atoms with van der Waals surface area (Å²) in [5, 5.41) is 0.757. The first-order valence-electron chi connectivity index (χ1n) is 9.34. The summed E-state index contributed by atoms with van der Waals surface area (Å²) < 4.78 is 15.5. The van der Waals surface area contributed by atoms with Gasteiger partial charge >= 0.3 is 12.2 Å². The number of rotatable bonds is 6. The number of nitrogens with zero attached hydrogens (tertiary/aromatic N) is 2. The molecule has 0 aliphatic rings. The van der Waals surface area contributed by atoms with Crippen LogP contribution in [0.4, 0.5) is 4.79 Å². The van der Waals surface area contributed by atoms with Crippen LogP contribution in [0.5, 0.6) is 11.8 Å². The van der Waals surface area contributed by atoms with Crippen LogP contribution in [0.15, 0.2) is 42.5 Å². The molecule has 0 saturated carbocycles. The zero-order valence-electron chi connectivity index (χ0n) is 16.6. The van der Waals surface area contributed by atoms with Crippen molar-refractivity contribution in [3.8, 4) is 35.4 Å². The maximum absolute atomic E-state index is 11.7. The van der Waals surface area contributed by atoms with E-state index in [1.54, 1.807) is 19.1 Å². The fraction of sp³-hybridized carbons (Fsp3) is 0.261. The van der Waals surface area contributed by atoms with E-state index in [-0.39, 0.29) is 19.2 Å². The predicted molar refractivity (Wildman–Crippen MR) is 111 cm³/mol. The van der Waals surface area contributed by atoms with Gasteiger partial charge in [-0.3, -0.25) is 0 Å². The molecule has 1 aromatic heterocycles. The van der Waals surface area contributed by atoms with Crippen molar-refractivity contribution in [2.45, 2.75) is 26.7 Å². The summed E-state index contributed by atoms with van der Waals surface area (Å²) >= 11 is 0. The zero-order chi connectivity index (χ0) is 20.8. The number of carbonyl (C=O) groups is 1. The minimum atomic E-state index is -0.845. The smallest absolute Gasteiger partial charge is 0.481 e. The monoisotopic (exact) mass is 390 g/mol. The van der Waals surface area contributed by atoms with E-state index in [0.29, 0.717) is 22.9 Å². The van der Waals surface area contributed by atoms with Gasteiger partial charge in [-0.1, -0.05) is 44.0 Å². The number of carbonyl (C=O) groups excluding carboxylic acids is 1. The third kappa shape index (κ3) is 4.82. The average Bonchev–Trinajstić information content (AvgIpc) is 2.72. The summed E-state index contributed by atoms with van der Waals surface area (Å²) in [5.41, 5.74) is 3.31. The molecule has 2 aromatic carbocycles. The van der Waals surface area contributed by atoms with Gasteiger partial charge in [-0.05, 0) is 36.6 Å². The zero-order valence-corrected chi connectivity index (χ0v) is 16.6. The van der Waals surface area contributed by atoms with Crippen LogP contribution in [0, 0.1) is 12.3 Å². The molecular weight excluding hydrogens is 368 g/mol. The molecule has 6 heteroatoms. The standard InChI is InChI=1S/C23H22N2O4/c1-5-13-28-18-11-12-20-19(14-18)21(17-9-7-16(8-10-17)15(3)4)25-22(24-20)29-23(26)27-6-2/h1,7-12,14-15H,6,13H2,2-4H3. The molecule has 0 spiro atoms. The van der Waals surface area contributed by atoms with E-state index in [1.165, 1.54) is 5.56 Å². The van der Waals surface area contributed by atoms with E-state index in [0.717, 1.165) is 10.9 Å². The van der Waals surface area contributed by atoms with Gasteiger partial charge in [0, 0.05) is 10.9 Å². The molecule has 0 unspecified atom stereocenters. The number of benzene rings is 2. The molecule has 0 aliphatic heterocycles. The summed E-state index contributed by atoms with van der Waals surface area (Å²) in [6, 6.07) is 13.4. The van der Waals surface area contributed by atoms with Crippen LogP contribution < -0.4 is 9.47 Å². The molecule has 0 amide bonds. The van der Waals surface area contributed by atoms with E-state index in [4.69, 9.17) is 20.6 Å². The van der Waals surface area contributed by atoms with Crippen molar-refractivity contribution in [2.75, 3.05) is 13.2 Å². The highest BCUT2D eigenvalue weighted by Gasteiger charge is 2.15. The molecule has 6 nitrogen and oxygen atoms in total. The lowest BCUT2D eigenvalue weighted by Gasteiger charge is -2.12. The fourth-order valence-corrected chi connectivity index (χ4v) is 2.81. The van der Waals surface area contributed by atoms with Gasteiger partial charge in [0.25, 0.3) is 0 Å². The molecule has 1 heterocycles. The van der Waals surface area contributed by atoms with Gasteiger partial charge in [-0.25, -0.2) is 4.79 Å². The topological polar surface area (TPSA) is 70.5 Å². The Morgan fingerprint density at radius 3 is 2.55 bits per heavy atom. The SMILES string of the molecule is C#CCOc1ccc2nc(OC(=O)OCC)nc(-c3ccc(C(C)C)cc3)c2c1. The Morgan fingerprint density at radius 2 is 1.90 bits per heavy atom. The maximum atomic E-state index is 11.7. The molecule has 29 heavy (non-hydrogen) atoms. The lowest BCUT2D eigenvalue weighted by atomic mass is 9.99. The highest BCUT2D eigenvalue weighted by Crippen LogP contribution is 2.31. The van der Waals surface area contributed by atoms with Crippen molar-refractivity contribution in [1.29, 1.82) is 0 Å². The number of ether oxygens (including phenoxy) is 3.